The lowest BCUT2D eigenvalue weighted by Gasteiger charge is -2.24. The highest BCUT2D eigenvalue weighted by atomic mass is 16.6. The molecule has 35 heavy (non-hydrogen) atoms. The monoisotopic (exact) mass is 490 g/mol. The summed E-state index contributed by atoms with van der Waals surface area (Å²) in [5.74, 6) is 0.903. The smallest absolute Gasteiger partial charge is 0.286 e. The molecule has 1 unspecified atom stereocenters. The second-order valence-corrected chi connectivity index (χ2v) is 7.89. The van der Waals surface area contributed by atoms with E-state index in [2.05, 4.69) is 5.32 Å². The number of nitrogens with zero attached hydrogens (tertiary/aromatic N) is 1. The number of carbonyl (C=O) groups excluding carboxylic acids is 1. The van der Waals surface area contributed by atoms with Gasteiger partial charge in [0.05, 0.1) is 44.0 Å². The van der Waals surface area contributed by atoms with Crippen LogP contribution >= 0.6 is 0 Å². The maximum Gasteiger partial charge on any atom is 0.286 e. The Hall–Kier alpha value is -3.53. The number of nitro benzene ring substituents is 1. The Morgan fingerprint density at radius 3 is 2.17 bits per heavy atom. The summed E-state index contributed by atoms with van der Waals surface area (Å²) in [5, 5.41) is 14.7. The molecule has 0 aliphatic heterocycles. The molecule has 1 atom stereocenters. The van der Waals surface area contributed by atoms with Gasteiger partial charge in [-0.15, -0.1) is 0 Å². The second kappa shape index (κ2) is 13.4. The van der Waals surface area contributed by atoms with E-state index in [4.69, 9.17) is 23.7 Å². The van der Waals surface area contributed by atoms with Crippen LogP contribution in [-0.4, -0.2) is 51.5 Å². The first-order valence-electron chi connectivity index (χ1n) is 11.5. The number of hydrogen-bond donors (Lipinski definition) is 1. The first-order valence-corrected chi connectivity index (χ1v) is 11.5. The summed E-state index contributed by atoms with van der Waals surface area (Å²) in [6.45, 7) is 9.06. The van der Waals surface area contributed by atoms with E-state index in [-0.39, 0.29) is 35.3 Å². The van der Waals surface area contributed by atoms with Gasteiger partial charge in [-0.1, -0.05) is 19.9 Å². The van der Waals surface area contributed by atoms with Gasteiger partial charge in [0.1, 0.15) is 12.2 Å². The van der Waals surface area contributed by atoms with E-state index >= 15 is 0 Å². The van der Waals surface area contributed by atoms with Crippen molar-refractivity contribution in [2.24, 2.45) is 5.92 Å². The van der Waals surface area contributed by atoms with Crippen LogP contribution in [0.25, 0.3) is 0 Å². The largest absolute Gasteiger partial charge is 0.493 e. The number of nitrogens with one attached hydrogen (secondary N) is 1. The van der Waals surface area contributed by atoms with Crippen LogP contribution in [0.15, 0.2) is 30.3 Å². The summed E-state index contributed by atoms with van der Waals surface area (Å²) in [6, 6.07) is 7.53. The Kier molecular flexibility index (Phi) is 10.6. The Morgan fingerprint density at radius 2 is 1.60 bits per heavy atom. The Balaban J connectivity index is 2.42. The van der Waals surface area contributed by atoms with Crippen LogP contribution in [0.4, 0.5) is 5.69 Å². The van der Waals surface area contributed by atoms with Crippen molar-refractivity contribution in [2.45, 2.75) is 33.7 Å². The summed E-state index contributed by atoms with van der Waals surface area (Å²) in [7, 11) is 2.92. The van der Waals surface area contributed by atoms with Crippen molar-refractivity contribution in [3.63, 3.8) is 0 Å². The lowest BCUT2D eigenvalue weighted by Crippen LogP contribution is -2.32. The molecule has 0 saturated carbocycles. The molecule has 10 nitrogen and oxygen atoms in total. The molecular weight excluding hydrogens is 456 g/mol. The molecule has 2 rings (SSSR count). The van der Waals surface area contributed by atoms with E-state index in [0.29, 0.717) is 31.3 Å². The molecule has 2 aromatic rings. The average molecular weight is 491 g/mol. The minimum Gasteiger partial charge on any atom is -0.493 e. The van der Waals surface area contributed by atoms with Crippen LogP contribution in [0.2, 0.25) is 0 Å². The Morgan fingerprint density at radius 1 is 0.943 bits per heavy atom. The van der Waals surface area contributed by atoms with E-state index < -0.39 is 16.9 Å². The van der Waals surface area contributed by atoms with Crippen LogP contribution in [0.5, 0.6) is 23.0 Å². The quantitative estimate of drug-likeness (QED) is 0.233. The predicted octanol–water partition coefficient (Wildman–Crippen LogP) is 4.55. The van der Waals surface area contributed by atoms with Gasteiger partial charge < -0.3 is 29.0 Å². The Bertz CT molecular complexity index is 1010. The van der Waals surface area contributed by atoms with E-state index in [1.807, 2.05) is 39.8 Å². The van der Waals surface area contributed by atoms with Crippen LogP contribution in [-0.2, 0) is 4.74 Å². The molecule has 0 aliphatic carbocycles. The van der Waals surface area contributed by atoms with Crippen molar-refractivity contribution in [3.8, 4) is 23.0 Å². The molecule has 0 bridgehead atoms. The number of hydrogen-bond acceptors (Lipinski definition) is 8. The highest BCUT2D eigenvalue weighted by Crippen LogP contribution is 2.36. The third-order valence-corrected chi connectivity index (χ3v) is 5.15. The first kappa shape index (κ1) is 27.7. The predicted molar refractivity (Wildman–Crippen MR) is 131 cm³/mol. The van der Waals surface area contributed by atoms with Crippen molar-refractivity contribution in [2.75, 3.05) is 40.6 Å². The maximum atomic E-state index is 13.3. The number of rotatable bonds is 14. The molecule has 2 aromatic carbocycles. The third kappa shape index (κ3) is 7.22. The van der Waals surface area contributed by atoms with Gasteiger partial charge >= 0.3 is 0 Å². The van der Waals surface area contributed by atoms with Crippen LogP contribution < -0.4 is 24.3 Å². The molecule has 192 valence electrons. The number of carbonyl (C=O) groups is 1. The lowest BCUT2D eigenvalue weighted by atomic mass is 9.95. The first-order chi connectivity index (χ1) is 16.8. The summed E-state index contributed by atoms with van der Waals surface area (Å²) < 4.78 is 27.2. The van der Waals surface area contributed by atoms with Gasteiger partial charge in [0.15, 0.2) is 23.0 Å². The molecule has 0 aliphatic rings. The molecule has 0 fully saturated rings. The highest BCUT2D eigenvalue weighted by Gasteiger charge is 2.28. The highest BCUT2D eigenvalue weighted by molar-refractivity contribution is 5.99. The zero-order valence-electron chi connectivity index (χ0n) is 21.1. The third-order valence-electron chi connectivity index (χ3n) is 5.15. The van der Waals surface area contributed by atoms with Crippen LogP contribution in [0.1, 0.15) is 49.7 Å². The zero-order valence-corrected chi connectivity index (χ0v) is 21.1. The topological polar surface area (TPSA) is 118 Å². The second-order valence-electron chi connectivity index (χ2n) is 7.89. The van der Waals surface area contributed by atoms with Crippen molar-refractivity contribution in [1.29, 1.82) is 0 Å². The fourth-order valence-corrected chi connectivity index (χ4v) is 3.50. The zero-order chi connectivity index (χ0) is 26.0. The van der Waals surface area contributed by atoms with Crippen molar-refractivity contribution in [1.82, 2.24) is 5.32 Å². The minimum absolute atomic E-state index is 0.0241. The summed E-state index contributed by atoms with van der Waals surface area (Å²) in [4.78, 5) is 24.5. The van der Waals surface area contributed by atoms with E-state index in [1.165, 1.54) is 26.4 Å². The van der Waals surface area contributed by atoms with Crippen molar-refractivity contribution < 1.29 is 33.4 Å². The minimum atomic E-state index is -0.619. The maximum absolute atomic E-state index is 13.3. The molecule has 0 radical (unpaired) electrons. The molecule has 1 amide bonds. The number of nitro groups is 1. The summed E-state index contributed by atoms with van der Waals surface area (Å²) >= 11 is 0. The number of methoxy groups -OCH3 is 2. The van der Waals surface area contributed by atoms with Crippen molar-refractivity contribution >= 4 is 11.6 Å². The molecular formula is C25H34N2O8. The summed E-state index contributed by atoms with van der Waals surface area (Å²) in [6.07, 6.45) is 0. The average Bonchev–Trinajstić information content (AvgIpc) is 2.83. The lowest BCUT2D eigenvalue weighted by molar-refractivity contribution is -0.385. The van der Waals surface area contributed by atoms with Gasteiger partial charge in [-0.3, -0.25) is 14.9 Å². The molecule has 0 aromatic heterocycles. The van der Waals surface area contributed by atoms with Crippen molar-refractivity contribution in [3.05, 3.63) is 51.6 Å². The number of benzene rings is 2. The van der Waals surface area contributed by atoms with Gasteiger partial charge in [-0.25, -0.2) is 0 Å². The van der Waals surface area contributed by atoms with Crippen LogP contribution in [0.3, 0.4) is 0 Å². The Labute approximate surface area is 205 Å². The number of ether oxygens (including phenoxy) is 5. The van der Waals surface area contributed by atoms with Gasteiger partial charge in [-0.05, 0) is 37.5 Å². The van der Waals surface area contributed by atoms with E-state index in [9.17, 15) is 14.9 Å². The van der Waals surface area contributed by atoms with Gasteiger partial charge in [0, 0.05) is 13.2 Å². The molecule has 1 N–H and O–H groups in total. The SMILES string of the molecule is CCOc1ccc(C(NC(=O)c2cc(OC)c(OCCOC)cc2[N+](=O)[O-])C(C)C)cc1OCC. The number of amides is 1. The molecule has 0 heterocycles. The van der Waals surface area contributed by atoms with Gasteiger partial charge in [0.2, 0.25) is 0 Å². The van der Waals surface area contributed by atoms with Crippen LogP contribution in [0, 0.1) is 16.0 Å². The van der Waals surface area contributed by atoms with E-state index in [1.54, 1.807) is 6.07 Å². The standard InChI is InChI=1S/C25H34N2O8/c1-7-33-20-10-9-17(13-22(20)34-8-2)24(16(3)4)26-25(28)18-14-21(32-6)23(35-12-11-31-5)15-19(18)27(29)30/h9-10,13-16,24H,7-8,11-12H2,1-6H3,(H,26,28). The molecule has 0 saturated heterocycles. The van der Waals surface area contributed by atoms with E-state index in [0.717, 1.165) is 5.56 Å². The summed E-state index contributed by atoms with van der Waals surface area (Å²) in [5.41, 5.74) is 0.266. The fourth-order valence-electron chi connectivity index (χ4n) is 3.50. The molecule has 10 heteroatoms. The van der Waals surface area contributed by atoms with Gasteiger partial charge in [-0.2, -0.15) is 0 Å². The molecule has 0 spiro atoms. The fraction of sp³-hybridized carbons (Fsp3) is 0.480. The van der Waals surface area contributed by atoms with Gasteiger partial charge in [0.25, 0.3) is 11.6 Å². The normalized spacial score (nSPS) is 11.6.